The number of aliphatic carboxylic acids is 1. The molecular formula is C9H20N2O2. The van der Waals surface area contributed by atoms with Gasteiger partial charge in [0.1, 0.15) is 6.04 Å². The first-order chi connectivity index (χ1) is 5.64. The van der Waals surface area contributed by atoms with Crippen LogP contribution in [0.15, 0.2) is 0 Å². The smallest absolute Gasteiger partial charge is 0.321 e. The summed E-state index contributed by atoms with van der Waals surface area (Å²) in [6.45, 7) is 7.37. The molecule has 0 saturated carbocycles. The maximum absolute atomic E-state index is 10.9. The van der Waals surface area contributed by atoms with Crippen molar-refractivity contribution < 1.29 is 9.90 Å². The third kappa shape index (κ3) is 2.42. The van der Waals surface area contributed by atoms with Crippen LogP contribution >= 0.6 is 0 Å². The van der Waals surface area contributed by atoms with Crippen molar-refractivity contribution in [3.05, 3.63) is 0 Å². The van der Waals surface area contributed by atoms with Gasteiger partial charge in [0.15, 0.2) is 0 Å². The van der Waals surface area contributed by atoms with E-state index in [2.05, 4.69) is 5.32 Å². The van der Waals surface area contributed by atoms with Crippen LogP contribution in [0.25, 0.3) is 0 Å². The molecule has 0 heterocycles. The SMILES string of the molecule is CNC(C(=O)O)C(C)(C)C(C)(C)N. The summed E-state index contributed by atoms with van der Waals surface area (Å²) in [5.74, 6) is -0.869. The molecule has 78 valence electrons. The van der Waals surface area contributed by atoms with Crippen molar-refractivity contribution in [2.45, 2.75) is 39.3 Å². The van der Waals surface area contributed by atoms with Gasteiger partial charge in [-0.05, 0) is 20.9 Å². The Morgan fingerprint density at radius 3 is 1.85 bits per heavy atom. The van der Waals surface area contributed by atoms with Gasteiger partial charge in [0.05, 0.1) is 0 Å². The summed E-state index contributed by atoms with van der Waals surface area (Å²) in [7, 11) is 1.63. The molecule has 0 fully saturated rings. The Morgan fingerprint density at radius 1 is 1.38 bits per heavy atom. The van der Waals surface area contributed by atoms with Crippen molar-refractivity contribution in [1.29, 1.82) is 0 Å². The molecule has 4 nitrogen and oxygen atoms in total. The Hall–Kier alpha value is -0.610. The van der Waals surface area contributed by atoms with Gasteiger partial charge in [-0.1, -0.05) is 13.8 Å². The van der Waals surface area contributed by atoms with Crippen LogP contribution in [-0.4, -0.2) is 29.7 Å². The lowest BCUT2D eigenvalue weighted by Crippen LogP contribution is -2.60. The summed E-state index contributed by atoms with van der Waals surface area (Å²) >= 11 is 0. The van der Waals surface area contributed by atoms with E-state index in [4.69, 9.17) is 10.8 Å². The minimum Gasteiger partial charge on any atom is -0.480 e. The summed E-state index contributed by atoms with van der Waals surface area (Å²) in [6.07, 6.45) is 0. The minimum atomic E-state index is -0.869. The highest BCUT2D eigenvalue weighted by atomic mass is 16.4. The van der Waals surface area contributed by atoms with E-state index in [1.807, 2.05) is 27.7 Å². The molecule has 13 heavy (non-hydrogen) atoms. The Morgan fingerprint density at radius 2 is 1.77 bits per heavy atom. The maximum Gasteiger partial charge on any atom is 0.321 e. The molecule has 0 saturated heterocycles. The average Bonchev–Trinajstić information content (AvgIpc) is 1.83. The summed E-state index contributed by atoms with van der Waals surface area (Å²) < 4.78 is 0. The van der Waals surface area contributed by atoms with E-state index in [1.165, 1.54) is 0 Å². The molecule has 0 aromatic carbocycles. The fraction of sp³-hybridized carbons (Fsp3) is 0.889. The zero-order chi connectivity index (χ0) is 10.9. The lowest BCUT2D eigenvalue weighted by molar-refractivity contribution is -0.143. The number of hydrogen-bond acceptors (Lipinski definition) is 3. The molecule has 0 aliphatic carbocycles. The molecular weight excluding hydrogens is 168 g/mol. The van der Waals surface area contributed by atoms with E-state index in [1.54, 1.807) is 7.05 Å². The second kappa shape index (κ2) is 3.64. The number of carboxylic acids is 1. The molecule has 0 amide bonds. The molecule has 4 heteroatoms. The largest absolute Gasteiger partial charge is 0.480 e. The molecule has 0 rings (SSSR count). The van der Waals surface area contributed by atoms with Crippen molar-refractivity contribution in [2.75, 3.05) is 7.05 Å². The van der Waals surface area contributed by atoms with Gasteiger partial charge < -0.3 is 16.2 Å². The van der Waals surface area contributed by atoms with Gasteiger partial charge in [0.2, 0.25) is 0 Å². The lowest BCUT2D eigenvalue weighted by atomic mass is 9.70. The number of nitrogens with one attached hydrogen (secondary N) is 1. The van der Waals surface area contributed by atoms with Gasteiger partial charge in [-0.25, -0.2) is 0 Å². The zero-order valence-corrected chi connectivity index (χ0v) is 9.01. The number of carbonyl (C=O) groups is 1. The molecule has 0 bridgehead atoms. The third-order valence-electron chi connectivity index (χ3n) is 2.92. The summed E-state index contributed by atoms with van der Waals surface area (Å²) in [5, 5.41) is 11.7. The lowest BCUT2D eigenvalue weighted by Gasteiger charge is -2.42. The van der Waals surface area contributed by atoms with E-state index in [-0.39, 0.29) is 0 Å². The topological polar surface area (TPSA) is 75.3 Å². The highest BCUT2D eigenvalue weighted by Gasteiger charge is 2.43. The van der Waals surface area contributed by atoms with Crippen LogP contribution in [0.1, 0.15) is 27.7 Å². The Bertz CT molecular complexity index is 194. The van der Waals surface area contributed by atoms with E-state index in [9.17, 15) is 4.79 Å². The van der Waals surface area contributed by atoms with Crippen LogP contribution < -0.4 is 11.1 Å². The van der Waals surface area contributed by atoms with E-state index in [0.717, 1.165) is 0 Å². The number of hydrogen-bond donors (Lipinski definition) is 3. The van der Waals surface area contributed by atoms with Crippen LogP contribution in [0.4, 0.5) is 0 Å². The highest BCUT2D eigenvalue weighted by Crippen LogP contribution is 2.32. The second-order valence-corrected chi connectivity index (χ2v) is 4.50. The second-order valence-electron chi connectivity index (χ2n) is 4.50. The van der Waals surface area contributed by atoms with Crippen molar-refractivity contribution in [1.82, 2.24) is 5.32 Å². The predicted octanol–water partition coefficient (Wildman–Crippen LogP) is 0.423. The van der Waals surface area contributed by atoms with Crippen molar-refractivity contribution in [2.24, 2.45) is 11.1 Å². The van der Waals surface area contributed by atoms with E-state index in [0.29, 0.717) is 0 Å². The molecule has 0 aliphatic heterocycles. The van der Waals surface area contributed by atoms with E-state index < -0.39 is 23.0 Å². The Balaban J connectivity index is 4.89. The summed E-state index contributed by atoms with van der Waals surface area (Å²) in [5.41, 5.74) is 4.88. The Kier molecular flexibility index (Phi) is 3.47. The summed E-state index contributed by atoms with van der Waals surface area (Å²) in [6, 6.07) is -0.632. The quantitative estimate of drug-likeness (QED) is 0.598. The van der Waals surface area contributed by atoms with Gasteiger partial charge in [-0.2, -0.15) is 0 Å². The van der Waals surface area contributed by atoms with Gasteiger partial charge in [-0.15, -0.1) is 0 Å². The number of nitrogens with two attached hydrogens (primary N) is 1. The first kappa shape index (κ1) is 12.4. The van der Waals surface area contributed by atoms with Crippen LogP contribution in [0.5, 0.6) is 0 Å². The number of rotatable bonds is 4. The molecule has 0 aromatic heterocycles. The first-order valence-corrected chi connectivity index (χ1v) is 4.33. The molecule has 0 aromatic rings. The van der Waals surface area contributed by atoms with Gasteiger partial charge >= 0.3 is 5.97 Å². The van der Waals surface area contributed by atoms with Crippen molar-refractivity contribution in [3.63, 3.8) is 0 Å². The van der Waals surface area contributed by atoms with Crippen LogP contribution in [0.3, 0.4) is 0 Å². The molecule has 1 atom stereocenters. The highest BCUT2D eigenvalue weighted by molar-refractivity contribution is 5.74. The van der Waals surface area contributed by atoms with Crippen LogP contribution in [0.2, 0.25) is 0 Å². The molecule has 4 N–H and O–H groups in total. The normalized spacial score (nSPS) is 15.5. The first-order valence-electron chi connectivity index (χ1n) is 4.33. The zero-order valence-electron chi connectivity index (χ0n) is 9.01. The monoisotopic (exact) mass is 188 g/mol. The van der Waals surface area contributed by atoms with Crippen LogP contribution in [0, 0.1) is 5.41 Å². The fourth-order valence-electron chi connectivity index (χ4n) is 1.17. The predicted molar refractivity (Wildman–Crippen MR) is 52.5 cm³/mol. The molecule has 0 radical (unpaired) electrons. The van der Waals surface area contributed by atoms with E-state index >= 15 is 0 Å². The standard InChI is InChI=1S/C9H20N2O2/c1-8(2,9(3,4)10)6(11-5)7(12)13/h6,11H,10H2,1-5H3,(H,12,13). The Labute approximate surface area is 79.5 Å². The molecule has 1 unspecified atom stereocenters. The summed E-state index contributed by atoms with van der Waals surface area (Å²) in [4.78, 5) is 10.9. The molecule has 0 spiro atoms. The number of likely N-dealkylation sites (N-methyl/N-ethyl adjacent to an activating group) is 1. The number of carboxylic acid groups (broad SMARTS) is 1. The van der Waals surface area contributed by atoms with Gasteiger partial charge in [0, 0.05) is 11.0 Å². The van der Waals surface area contributed by atoms with Crippen LogP contribution in [-0.2, 0) is 4.79 Å². The fourth-order valence-corrected chi connectivity index (χ4v) is 1.17. The van der Waals surface area contributed by atoms with Crippen molar-refractivity contribution in [3.8, 4) is 0 Å². The average molecular weight is 188 g/mol. The van der Waals surface area contributed by atoms with Crippen molar-refractivity contribution >= 4 is 5.97 Å². The maximum atomic E-state index is 10.9. The van der Waals surface area contributed by atoms with Gasteiger partial charge in [0.25, 0.3) is 0 Å². The third-order valence-corrected chi connectivity index (χ3v) is 2.92. The van der Waals surface area contributed by atoms with Gasteiger partial charge in [-0.3, -0.25) is 4.79 Å². The molecule has 0 aliphatic rings. The minimum absolute atomic E-state index is 0.506.